The zero-order chi connectivity index (χ0) is 20.1. The van der Waals surface area contributed by atoms with Crippen molar-refractivity contribution in [2.75, 3.05) is 26.7 Å². The third-order valence-electron chi connectivity index (χ3n) is 6.49. The Hall–Kier alpha value is -2.33. The highest BCUT2D eigenvalue weighted by atomic mass is 16.5. The number of amides is 1. The van der Waals surface area contributed by atoms with Gasteiger partial charge in [0.05, 0.1) is 19.1 Å². The van der Waals surface area contributed by atoms with Crippen LogP contribution in [0.15, 0.2) is 48.5 Å². The molecule has 1 N–H and O–H groups in total. The molecule has 0 spiro atoms. The molecule has 2 aromatic carbocycles. The lowest BCUT2D eigenvalue weighted by atomic mass is 9.82. The van der Waals surface area contributed by atoms with Gasteiger partial charge < -0.3 is 10.1 Å². The Balaban J connectivity index is 1.48. The number of nitrogens with one attached hydrogen (secondary N) is 1. The van der Waals surface area contributed by atoms with Crippen LogP contribution in [-0.2, 0) is 11.2 Å². The number of methoxy groups -OCH3 is 1. The summed E-state index contributed by atoms with van der Waals surface area (Å²) in [5.74, 6) is 1.03. The van der Waals surface area contributed by atoms with Crippen molar-refractivity contribution in [3.8, 4) is 5.75 Å². The molecule has 2 aliphatic rings. The summed E-state index contributed by atoms with van der Waals surface area (Å²) < 4.78 is 5.32. The van der Waals surface area contributed by atoms with Crippen LogP contribution in [-0.4, -0.2) is 37.6 Å². The summed E-state index contributed by atoms with van der Waals surface area (Å²) in [6, 6.07) is 17.0. The Morgan fingerprint density at radius 3 is 2.59 bits per heavy atom. The van der Waals surface area contributed by atoms with E-state index in [1.807, 2.05) is 12.1 Å². The second-order valence-electron chi connectivity index (χ2n) is 8.27. The molecule has 1 heterocycles. The number of likely N-dealkylation sites (tertiary alicyclic amines) is 1. The molecule has 0 aromatic heterocycles. The maximum Gasteiger partial charge on any atom is 0.227 e. The van der Waals surface area contributed by atoms with Crippen LogP contribution in [0.25, 0.3) is 0 Å². The molecule has 1 amide bonds. The van der Waals surface area contributed by atoms with E-state index in [4.69, 9.17) is 4.74 Å². The van der Waals surface area contributed by atoms with E-state index in [1.165, 1.54) is 36.0 Å². The van der Waals surface area contributed by atoms with Crippen LogP contribution in [0.2, 0.25) is 0 Å². The standard InChI is InChI=1S/C25H32N2O2/c1-29-21-14-12-20(13-15-21)24(27-16-5-2-6-17-27)18-26-25(28)23-11-7-9-19-8-3-4-10-22(19)23/h3-4,8,10,12-15,23-24H,2,5-7,9,11,16-18H2,1H3,(H,26,28)/t23-,24+/m1/s1. The second kappa shape index (κ2) is 9.45. The van der Waals surface area contributed by atoms with Gasteiger partial charge in [0.2, 0.25) is 5.91 Å². The minimum absolute atomic E-state index is 0.0159. The van der Waals surface area contributed by atoms with Gasteiger partial charge in [-0.05, 0) is 74.0 Å². The normalized spacial score (nSPS) is 20.5. The predicted octanol–water partition coefficient (Wildman–Crippen LogP) is 4.46. The molecule has 1 fully saturated rings. The lowest BCUT2D eigenvalue weighted by Crippen LogP contribution is -2.42. The van der Waals surface area contributed by atoms with Crippen LogP contribution in [0.4, 0.5) is 0 Å². The first-order valence-corrected chi connectivity index (χ1v) is 11.0. The Morgan fingerprint density at radius 2 is 1.83 bits per heavy atom. The number of carbonyl (C=O) groups is 1. The monoisotopic (exact) mass is 392 g/mol. The number of aryl methyl sites for hydroxylation is 1. The second-order valence-corrected chi connectivity index (χ2v) is 8.27. The molecule has 1 saturated heterocycles. The highest BCUT2D eigenvalue weighted by molar-refractivity contribution is 5.84. The van der Waals surface area contributed by atoms with Gasteiger partial charge in [0.1, 0.15) is 5.75 Å². The molecule has 4 rings (SSSR count). The number of benzene rings is 2. The van der Waals surface area contributed by atoms with E-state index in [0.717, 1.165) is 38.1 Å². The van der Waals surface area contributed by atoms with Gasteiger partial charge in [0, 0.05) is 6.54 Å². The molecule has 0 saturated carbocycles. The number of fused-ring (bicyclic) bond motifs is 1. The van der Waals surface area contributed by atoms with Crippen LogP contribution >= 0.6 is 0 Å². The van der Waals surface area contributed by atoms with Crippen LogP contribution < -0.4 is 10.1 Å². The van der Waals surface area contributed by atoms with Gasteiger partial charge in [-0.2, -0.15) is 0 Å². The fourth-order valence-corrected chi connectivity index (χ4v) is 4.86. The highest BCUT2D eigenvalue weighted by Crippen LogP contribution is 2.32. The average molecular weight is 393 g/mol. The van der Waals surface area contributed by atoms with Crippen LogP contribution in [0.1, 0.15) is 60.8 Å². The number of hydrogen-bond donors (Lipinski definition) is 1. The molecular weight excluding hydrogens is 360 g/mol. The predicted molar refractivity (Wildman–Crippen MR) is 116 cm³/mol. The maximum atomic E-state index is 13.1. The molecule has 0 bridgehead atoms. The summed E-state index contributed by atoms with van der Waals surface area (Å²) in [4.78, 5) is 15.7. The van der Waals surface area contributed by atoms with Crippen molar-refractivity contribution in [2.24, 2.45) is 0 Å². The van der Waals surface area contributed by atoms with Gasteiger partial charge >= 0.3 is 0 Å². The Morgan fingerprint density at radius 1 is 1.07 bits per heavy atom. The average Bonchev–Trinajstić information content (AvgIpc) is 2.80. The topological polar surface area (TPSA) is 41.6 Å². The zero-order valence-corrected chi connectivity index (χ0v) is 17.4. The number of nitrogens with zero attached hydrogens (tertiary/aromatic N) is 1. The SMILES string of the molecule is COc1ccc([C@H](CNC(=O)[C@@H]2CCCc3ccccc32)N2CCCCC2)cc1. The summed E-state index contributed by atoms with van der Waals surface area (Å²) in [7, 11) is 1.69. The van der Waals surface area contributed by atoms with Crippen molar-refractivity contribution in [2.45, 2.75) is 50.5 Å². The van der Waals surface area contributed by atoms with Gasteiger partial charge in [-0.15, -0.1) is 0 Å². The number of hydrogen-bond acceptors (Lipinski definition) is 3. The number of ether oxygens (including phenoxy) is 1. The third kappa shape index (κ3) is 4.64. The number of piperidine rings is 1. The summed E-state index contributed by atoms with van der Waals surface area (Å²) in [5.41, 5.74) is 3.80. The third-order valence-corrected chi connectivity index (χ3v) is 6.49. The van der Waals surface area contributed by atoms with E-state index in [-0.39, 0.29) is 17.9 Å². The molecule has 1 aliphatic carbocycles. The van der Waals surface area contributed by atoms with Crippen molar-refractivity contribution in [1.82, 2.24) is 10.2 Å². The van der Waals surface area contributed by atoms with Crippen LogP contribution in [0, 0.1) is 0 Å². The zero-order valence-electron chi connectivity index (χ0n) is 17.4. The van der Waals surface area contributed by atoms with E-state index >= 15 is 0 Å². The molecule has 0 unspecified atom stereocenters. The van der Waals surface area contributed by atoms with E-state index < -0.39 is 0 Å². The molecule has 4 heteroatoms. The van der Waals surface area contributed by atoms with Gasteiger partial charge in [-0.3, -0.25) is 9.69 Å². The minimum atomic E-state index is -0.0159. The van der Waals surface area contributed by atoms with Crippen LogP contribution in [0.5, 0.6) is 5.75 Å². The molecule has 154 valence electrons. The summed E-state index contributed by atoms with van der Waals surface area (Å²) in [6.07, 6.45) is 6.88. The minimum Gasteiger partial charge on any atom is -0.497 e. The first kappa shape index (κ1) is 20.0. The summed E-state index contributed by atoms with van der Waals surface area (Å²) in [6.45, 7) is 2.85. The van der Waals surface area contributed by atoms with Crippen molar-refractivity contribution < 1.29 is 9.53 Å². The smallest absolute Gasteiger partial charge is 0.227 e. The molecule has 29 heavy (non-hydrogen) atoms. The van der Waals surface area contributed by atoms with E-state index in [0.29, 0.717) is 6.54 Å². The molecule has 0 radical (unpaired) electrons. The van der Waals surface area contributed by atoms with E-state index in [2.05, 4.69) is 46.6 Å². The molecule has 4 nitrogen and oxygen atoms in total. The quantitative estimate of drug-likeness (QED) is 0.789. The summed E-state index contributed by atoms with van der Waals surface area (Å²) in [5, 5.41) is 3.31. The molecule has 1 aliphatic heterocycles. The van der Waals surface area contributed by atoms with E-state index in [9.17, 15) is 4.79 Å². The van der Waals surface area contributed by atoms with Crippen LogP contribution in [0.3, 0.4) is 0 Å². The highest BCUT2D eigenvalue weighted by Gasteiger charge is 2.28. The first-order chi connectivity index (χ1) is 14.3. The van der Waals surface area contributed by atoms with E-state index in [1.54, 1.807) is 7.11 Å². The Labute approximate surface area is 174 Å². The van der Waals surface area contributed by atoms with Crippen molar-refractivity contribution in [3.63, 3.8) is 0 Å². The lowest BCUT2D eigenvalue weighted by molar-refractivity contribution is -0.123. The fraction of sp³-hybridized carbons (Fsp3) is 0.480. The van der Waals surface area contributed by atoms with Crippen molar-refractivity contribution in [1.29, 1.82) is 0 Å². The Bertz CT molecular complexity index is 812. The fourth-order valence-electron chi connectivity index (χ4n) is 4.86. The van der Waals surface area contributed by atoms with Gasteiger partial charge in [-0.1, -0.05) is 42.8 Å². The maximum absolute atomic E-state index is 13.1. The first-order valence-electron chi connectivity index (χ1n) is 11.0. The van der Waals surface area contributed by atoms with Gasteiger partial charge in [-0.25, -0.2) is 0 Å². The molecular formula is C25H32N2O2. The Kier molecular flexibility index (Phi) is 6.50. The molecule has 2 atom stereocenters. The molecule has 2 aromatic rings. The summed E-state index contributed by atoms with van der Waals surface area (Å²) >= 11 is 0. The largest absolute Gasteiger partial charge is 0.497 e. The number of carbonyl (C=O) groups excluding carboxylic acids is 1. The van der Waals surface area contributed by atoms with Crippen molar-refractivity contribution >= 4 is 5.91 Å². The van der Waals surface area contributed by atoms with Gasteiger partial charge in [0.15, 0.2) is 0 Å². The lowest BCUT2D eigenvalue weighted by Gasteiger charge is -2.35. The van der Waals surface area contributed by atoms with Gasteiger partial charge in [0.25, 0.3) is 0 Å². The number of rotatable bonds is 6. The van der Waals surface area contributed by atoms with Crippen molar-refractivity contribution in [3.05, 3.63) is 65.2 Å².